The van der Waals surface area contributed by atoms with Crippen LogP contribution in [0.5, 0.6) is 0 Å². The van der Waals surface area contributed by atoms with Crippen LogP contribution in [0.3, 0.4) is 0 Å². The second-order valence-corrected chi connectivity index (χ2v) is 6.93. The number of nitrogens with zero attached hydrogens (tertiary/aromatic N) is 2. The highest BCUT2D eigenvalue weighted by Gasteiger charge is 2.11. The molecule has 2 amide bonds. The highest BCUT2D eigenvalue weighted by molar-refractivity contribution is 5.95. The number of benzene rings is 2. The molecule has 0 saturated carbocycles. The topological polar surface area (TPSA) is 52.7 Å². The average Bonchev–Trinajstić information content (AvgIpc) is 2.57. The SMILES string of the molecule is Cc1ccc(CN(C)CC(=O)Nc2ccc(C(=O)N(C)C)cc2)c(C)c1. The summed E-state index contributed by atoms with van der Waals surface area (Å²) < 4.78 is 0. The van der Waals surface area contributed by atoms with Gasteiger partial charge in [0.15, 0.2) is 0 Å². The number of carbonyl (C=O) groups excluding carboxylic acids is 2. The molecular formula is C21H27N3O2. The lowest BCUT2D eigenvalue weighted by Gasteiger charge is -2.18. The third-order valence-corrected chi connectivity index (χ3v) is 4.17. The van der Waals surface area contributed by atoms with Gasteiger partial charge in [-0.3, -0.25) is 14.5 Å². The first-order chi connectivity index (χ1) is 12.3. The van der Waals surface area contributed by atoms with Gasteiger partial charge in [0, 0.05) is 31.9 Å². The Kier molecular flexibility index (Phi) is 6.52. The molecule has 2 rings (SSSR count). The molecule has 0 radical (unpaired) electrons. The van der Waals surface area contributed by atoms with Gasteiger partial charge < -0.3 is 10.2 Å². The van der Waals surface area contributed by atoms with E-state index < -0.39 is 0 Å². The summed E-state index contributed by atoms with van der Waals surface area (Å²) in [6.45, 7) is 5.18. The van der Waals surface area contributed by atoms with Crippen LogP contribution in [0.1, 0.15) is 27.0 Å². The number of amides is 2. The van der Waals surface area contributed by atoms with E-state index in [4.69, 9.17) is 0 Å². The Morgan fingerprint density at radius 2 is 1.62 bits per heavy atom. The van der Waals surface area contributed by atoms with Gasteiger partial charge in [0.05, 0.1) is 6.54 Å². The van der Waals surface area contributed by atoms with Crippen molar-refractivity contribution in [2.45, 2.75) is 20.4 Å². The molecule has 0 saturated heterocycles. The Morgan fingerprint density at radius 1 is 0.962 bits per heavy atom. The summed E-state index contributed by atoms with van der Waals surface area (Å²) in [5.74, 6) is -0.139. The normalized spacial score (nSPS) is 10.7. The van der Waals surface area contributed by atoms with Gasteiger partial charge in [0.2, 0.25) is 5.91 Å². The summed E-state index contributed by atoms with van der Waals surface area (Å²) in [5, 5.41) is 2.87. The molecule has 138 valence electrons. The number of aryl methyl sites for hydroxylation is 2. The van der Waals surface area contributed by atoms with Gasteiger partial charge in [-0.15, -0.1) is 0 Å². The first-order valence-electron chi connectivity index (χ1n) is 8.62. The number of rotatable bonds is 6. The fraction of sp³-hybridized carbons (Fsp3) is 0.333. The predicted molar refractivity (Wildman–Crippen MR) is 105 cm³/mol. The van der Waals surface area contributed by atoms with Crippen LogP contribution < -0.4 is 5.32 Å². The zero-order chi connectivity index (χ0) is 19.3. The number of anilines is 1. The van der Waals surface area contributed by atoms with Crippen molar-refractivity contribution >= 4 is 17.5 Å². The van der Waals surface area contributed by atoms with Crippen molar-refractivity contribution in [3.05, 3.63) is 64.7 Å². The predicted octanol–water partition coefficient (Wildman–Crippen LogP) is 3.08. The standard InChI is InChI=1S/C21H27N3O2/c1-15-6-7-18(16(2)12-15)13-24(5)14-20(25)22-19-10-8-17(9-11-19)21(26)23(3)4/h6-12H,13-14H2,1-5H3,(H,22,25). The molecule has 0 unspecified atom stereocenters. The number of likely N-dealkylation sites (N-methyl/N-ethyl adjacent to an activating group) is 1. The van der Waals surface area contributed by atoms with Crippen molar-refractivity contribution in [1.29, 1.82) is 0 Å². The lowest BCUT2D eigenvalue weighted by molar-refractivity contribution is -0.117. The third-order valence-electron chi connectivity index (χ3n) is 4.17. The summed E-state index contributed by atoms with van der Waals surface area (Å²) in [4.78, 5) is 27.6. The monoisotopic (exact) mass is 353 g/mol. The zero-order valence-corrected chi connectivity index (χ0v) is 16.2. The van der Waals surface area contributed by atoms with Gasteiger partial charge in [-0.05, 0) is 56.3 Å². The highest BCUT2D eigenvalue weighted by Crippen LogP contribution is 2.13. The van der Waals surface area contributed by atoms with E-state index in [2.05, 4.69) is 37.4 Å². The molecule has 0 heterocycles. The molecule has 2 aromatic rings. The Bertz CT molecular complexity index is 782. The fourth-order valence-corrected chi connectivity index (χ4v) is 2.77. The van der Waals surface area contributed by atoms with Gasteiger partial charge in [0.1, 0.15) is 0 Å². The molecule has 0 aliphatic heterocycles. The molecule has 0 aliphatic carbocycles. The summed E-state index contributed by atoms with van der Waals surface area (Å²) in [5.41, 5.74) is 4.98. The number of hydrogen-bond acceptors (Lipinski definition) is 3. The molecule has 5 heteroatoms. The van der Waals surface area contributed by atoms with Gasteiger partial charge in [0.25, 0.3) is 5.91 Å². The fourth-order valence-electron chi connectivity index (χ4n) is 2.77. The molecule has 0 fully saturated rings. The summed E-state index contributed by atoms with van der Waals surface area (Å²) >= 11 is 0. The first-order valence-corrected chi connectivity index (χ1v) is 8.62. The lowest BCUT2D eigenvalue weighted by Crippen LogP contribution is -2.30. The first kappa shape index (κ1) is 19.7. The van der Waals surface area contributed by atoms with E-state index in [-0.39, 0.29) is 11.8 Å². The van der Waals surface area contributed by atoms with E-state index in [0.717, 1.165) is 6.54 Å². The maximum absolute atomic E-state index is 12.3. The van der Waals surface area contributed by atoms with Crippen LogP contribution in [0.25, 0.3) is 0 Å². The second-order valence-electron chi connectivity index (χ2n) is 6.93. The molecule has 0 bridgehead atoms. The van der Waals surface area contributed by atoms with E-state index in [1.54, 1.807) is 38.4 Å². The van der Waals surface area contributed by atoms with Crippen molar-refractivity contribution in [1.82, 2.24) is 9.80 Å². The second kappa shape index (κ2) is 8.63. The van der Waals surface area contributed by atoms with Crippen LogP contribution in [-0.2, 0) is 11.3 Å². The van der Waals surface area contributed by atoms with Crippen molar-refractivity contribution in [3.63, 3.8) is 0 Å². The van der Waals surface area contributed by atoms with Gasteiger partial charge in [-0.2, -0.15) is 0 Å². The summed E-state index contributed by atoms with van der Waals surface area (Å²) in [7, 11) is 5.35. The minimum atomic E-state index is -0.0797. The average molecular weight is 353 g/mol. The van der Waals surface area contributed by atoms with E-state index >= 15 is 0 Å². The van der Waals surface area contributed by atoms with Crippen LogP contribution in [0.2, 0.25) is 0 Å². The Balaban J connectivity index is 1.90. The molecule has 1 N–H and O–H groups in total. The van der Waals surface area contributed by atoms with E-state index in [1.165, 1.54) is 21.6 Å². The van der Waals surface area contributed by atoms with E-state index in [0.29, 0.717) is 17.8 Å². The highest BCUT2D eigenvalue weighted by atomic mass is 16.2. The molecule has 2 aromatic carbocycles. The number of carbonyl (C=O) groups is 2. The van der Waals surface area contributed by atoms with Crippen LogP contribution >= 0.6 is 0 Å². The van der Waals surface area contributed by atoms with E-state index in [1.807, 2.05) is 11.9 Å². The molecular weight excluding hydrogens is 326 g/mol. The van der Waals surface area contributed by atoms with Gasteiger partial charge in [-0.1, -0.05) is 23.8 Å². The summed E-state index contributed by atoms with van der Waals surface area (Å²) in [6.07, 6.45) is 0. The third kappa shape index (κ3) is 5.43. The minimum Gasteiger partial charge on any atom is -0.345 e. The van der Waals surface area contributed by atoms with Crippen molar-refractivity contribution < 1.29 is 9.59 Å². The maximum atomic E-state index is 12.3. The van der Waals surface area contributed by atoms with Crippen LogP contribution in [-0.4, -0.2) is 49.3 Å². The van der Waals surface area contributed by atoms with Crippen LogP contribution in [0.4, 0.5) is 5.69 Å². The molecule has 26 heavy (non-hydrogen) atoms. The Morgan fingerprint density at radius 3 is 2.19 bits per heavy atom. The maximum Gasteiger partial charge on any atom is 0.253 e. The molecule has 0 atom stereocenters. The Labute approximate surface area is 155 Å². The number of nitrogens with one attached hydrogen (secondary N) is 1. The van der Waals surface area contributed by atoms with Crippen molar-refractivity contribution in [2.75, 3.05) is 33.0 Å². The van der Waals surface area contributed by atoms with Crippen molar-refractivity contribution in [3.8, 4) is 0 Å². The minimum absolute atomic E-state index is 0.0592. The van der Waals surface area contributed by atoms with Crippen LogP contribution in [0.15, 0.2) is 42.5 Å². The smallest absolute Gasteiger partial charge is 0.253 e. The summed E-state index contributed by atoms with van der Waals surface area (Å²) in [6, 6.07) is 13.3. The van der Waals surface area contributed by atoms with Gasteiger partial charge in [-0.25, -0.2) is 0 Å². The largest absolute Gasteiger partial charge is 0.345 e. The molecule has 0 aliphatic rings. The quantitative estimate of drug-likeness (QED) is 0.868. The Hall–Kier alpha value is -2.66. The zero-order valence-electron chi connectivity index (χ0n) is 16.2. The number of hydrogen-bond donors (Lipinski definition) is 1. The van der Waals surface area contributed by atoms with Crippen molar-refractivity contribution in [2.24, 2.45) is 0 Å². The molecule has 0 aromatic heterocycles. The lowest BCUT2D eigenvalue weighted by atomic mass is 10.1. The van der Waals surface area contributed by atoms with Crippen LogP contribution in [0, 0.1) is 13.8 Å². The van der Waals surface area contributed by atoms with Gasteiger partial charge >= 0.3 is 0 Å². The molecule has 5 nitrogen and oxygen atoms in total. The molecule has 0 spiro atoms. The van der Waals surface area contributed by atoms with E-state index in [9.17, 15) is 9.59 Å².